The smallest absolute Gasteiger partial charge is 0.335 e. The van der Waals surface area contributed by atoms with Gasteiger partial charge in [-0.15, -0.1) is 0 Å². The van der Waals surface area contributed by atoms with E-state index in [0.29, 0.717) is 23.9 Å². The number of anilines is 1. The van der Waals surface area contributed by atoms with Crippen LogP contribution in [0.15, 0.2) is 24.3 Å². The lowest BCUT2D eigenvalue weighted by Gasteiger charge is -2.11. The molecule has 1 amide bonds. The summed E-state index contributed by atoms with van der Waals surface area (Å²) in [4.78, 5) is 21.7. The van der Waals surface area contributed by atoms with Crippen LogP contribution in [0.5, 0.6) is 0 Å². The largest absolute Gasteiger partial charge is 0.478 e. The fraction of sp³-hybridized carbons (Fsp3) is 0.250. The minimum Gasteiger partial charge on any atom is -0.478 e. The van der Waals surface area contributed by atoms with Crippen LogP contribution in [0.4, 0.5) is 5.69 Å². The highest BCUT2D eigenvalue weighted by atomic mass is 32.1. The molecule has 108 valence electrons. The third-order valence-electron chi connectivity index (χ3n) is 2.24. The lowest BCUT2D eigenvalue weighted by molar-refractivity contribution is -0.118. The van der Waals surface area contributed by atoms with E-state index in [1.54, 1.807) is 12.1 Å². The number of hydrogen-bond donors (Lipinski definition) is 5. The van der Waals surface area contributed by atoms with Crippen molar-refractivity contribution >= 4 is 47.5 Å². The van der Waals surface area contributed by atoms with Crippen LogP contribution >= 0.6 is 24.8 Å². The summed E-state index contributed by atoms with van der Waals surface area (Å²) in [5.41, 5.74) is 0.764. The third-order valence-corrected chi connectivity index (χ3v) is 2.78. The molecule has 0 radical (unpaired) electrons. The molecule has 0 saturated heterocycles. The van der Waals surface area contributed by atoms with E-state index in [4.69, 9.17) is 17.3 Å². The molecule has 0 spiro atoms. The predicted octanol–water partition coefficient (Wildman–Crippen LogP) is 0.717. The molecule has 0 atom stereocenters. The van der Waals surface area contributed by atoms with Crippen molar-refractivity contribution in [3.8, 4) is 0 Å². The van der Waals surface area contributed by atoms with Gasteiger partial charge in [0, 0.05) is 18.8 Å². The predicted molar refractivity (Wildman–Crippen MR) is 84.5 cm³/mol. The number of thiol groups is 1. The first kappa shape index (κ1) is 16.3. The molecule has 0 unspecified atom stereocenters. The number of nitrogens with one attached hydrogen (secondary N) is 3. The zero-order valence-corrected chi connectivity index (χ0v) is 12.3. The van der Waals surface area contributed by atoms with Gasteiger partial charge in [0.05, 0.1) is 11.3 Å². The molecule has 0 saturated carbocycles. The average Bonchev–Trinajstić information content (AvgIpc) is 2.43. The molecule has 1 aromatic carbocycles. The first-order valence-corrected chi connectivity index (χ1v) is 6.82. The number of rotatable bonds is 6. The van der Waals surface area contributed by atoms with Crippen molar-refractivity contribution in [3.05, 3.63) is 29.8 Å². The maximum absolute atomic E-state index is 10.9. The SMILES string of the molecule is O=C(CS)NCCNC(=S)Nc1cccc(C(=O)O)c1. The second kappa shape index (κ2) is 8.39. The van der Waals surface area contributed by atoms with Crippen molar-refractivity contribution in [1.29, 1.82) is 0 Å². The Hall–Kier alpha value is -1.80. The molecule has 0 bridgehead atoms. The highest BCUT2D eigenvalue weighted by Gasteiger charge is 2.04. The molecular formula is C12H15N3O3S2. The normalized spacial score (nSPS) is 9.65. The molecule has 1 aromatic rings. The second-order valence-corrected chi connectivity index (χ2v) is 4.50. The number of carbonyl (C=O) groups is 2. The Morgan fingerprint density at radius 1 is 1.25 bits per heavy atom. The minimum atomic E-state index is -0.998. The van der Waals surface area contributed by atoms with Crippen LogP contribution < -0.4 is 16.0 Å². The highest BCUT2D eigenvalue weighted by Crippen LogP contribution is 2.10. The summed E-state index contributed by atoms with van der Waals surface area (Å²) in [6.07, 6.45) is 0. The monoisotopic (exact) mass is 313 g/mol. The van der Waals surface area contributed by atoms with Gasteiger partial charge in [-0.1, -0.05) is 6.07 Å². The van der Waals surface area contributed by atoms with Gasteiger partial charge in [0.25, 0.3) is 0 Å². The van der Waals surface area contributed by atoms with Gasteiger partial charge in [-0.2, -0.15) is 12.6 Å². The van der Waals surface area contributed by atoms with Crippen molar-refractivity contribution in [3.63, 3.8) is 0 Å². The summed E-state index contributed by atoms with van der Waals surface area (Å²) < 4.78 is 0. The Labute approximate surface area is 127 Å². The zero-order chi connectivity index (χ0) is 15.0. The van der Waals surface area contributed by atoms with E-state index in [-0.39, 0.29) is 17.2 Å². The second-order valence-electron chi connectivity index (χ2n) is 3.77. The summed E-state index contributed by atoms with van der Waals surface area (Å²) >= 11 is 8.89. The topological polar surface area (TPSA) is 90.5 Å². The molecule has 0 heterocycles. The maximum atomic E-state index is 10.9. The van der Waals surface area contributed by atoms with Gasteiger partial charge in [0.1, 0.15) is 0 Å². The fourth-order valence-corrected chi connectivity index (χ4v) is 1.67. The quantitative estimate of drug-likeness (QED) is 0.302. The Bertz CT molecular complexity index is 508. The van der Waals surface area contributed by atoms with Crippen LogP contribution in [-0.4, -0.2) is 40.9 Å². The van der Waals surface area contributed by atoms with Gasteiger partial charge in [-0.3, -0.25) is 4.79 Å². The van der Waals surface area contributed by atoms with Crippen LogP contribution in [-0.2, 0) is 4.79 Å². The molecule has 0 aliphatic heterocycles. The molecule has 0 fully saturated rings. The van der Waals surface area contributed by atoms with E-state index in [2.05, 4.69) is 28.6 Å². The first-order chi connectivity index (χ1) is 9.52. The van der Waals surface area contributed by atoms with Crippen molar-refractivity contribution in [2.75, 3.05) is 24.2 Å². The summed E-state index contributed by atoms with van der Waals surface area (Å²) in [6.45, 7) is 0.889. The average molecular weight is 313 g/mol. The Balaban J connectivity index is 2.37. The Kier molecular flexibility index (Phi) is 6.82. The van der Waals surface area contributed by atoms with E-state index in [0.717, 1.165) is 0 Å². The Morgan fingerprint density at radius 2 is 1.95 bits per heavy atom. The standard InChI is InChI=1S/C12H15N3O3S2/c16-10(7-19)13-4-5-14-12(20)15-9-3-1-2-8(6-9)11(17)18/h1-3,6,19H,4-5,7H2,(H,13,16)(H,17,18)(H2,14,15,20). The number of hydrogen-bond acceptors (Lipinski definition) is 4. The number of carbonyl (C=O) groups excluding carboxylic acids is 1. The molecule has 0 aromatic heterocycles. The molecule has 6 nitrogen and oxygen atoms in total. The highest BCUT2D eigenvalue weighted by molar-refractivity contribution is 7.81. The molecular weight excluding hydrogens is 298 g/mol. The lowest BCUT2D eigenvalue weighted by atomic mass is 10.2. The minimum absolute atomic E-state index is 0.144. The van der Waals surface area contributed by atoms with E-state index >= 15 is 0 Å². The molecule has 1 rings (SSSR count). The van der Waals surface area contributed by atoms with Crippen LogP contribution in [0.3, 0.4) is 0 Å². The maximum Gasteiger partial charge on any atom is 0.335 e. The summed E-state index contributed by atoms with van der Waals surface area (Å²) in [5, 5.41) is 17.6. The first-order valence-electron chi connectivity index (χ1n) is 5.78. The number of thiocarbonyl (C=S) groups is 1. The van der Waals surface area contributed by atoms with Gasteiger partial charge in [0.15, 0.2) is 5.11 Å². The summed E-state index contributed by atoms with van der Waals surface area (Å²) in [6, 6.07) is 6.32. The molecule has 8 heteroatoms. The van der Waals surface area contributed by atoms with Crippen LogP contribution in [0.25, 0.3) is 0 Å². The zero-order valence-electron chi connectivity index (χ0n) is 10.5. The van der Waals surface area contributed by atoms with Crippen LogP contribution in [0.2, 0.25) is 0 Å². The molecule has 20 heavy (non-hydrogen) atoms. The number of aromatic carboxylic acids is 1. The summed E-state index contributed by atoms with van der Waals surface area (Å²) in [5.74, 6) is -1.00. The van der Waals surface area contributed by atoms with Crippen LogP contribution in [0, 0.1) is 0 Å². The molecule has 0 aliphatic rings. The van der Waals surface area contributed by atoms with E-state index < -0.39 is 5.97 Å². The van der Waals surface area contributed by atoms with Crippen molar-refractivity contribution in [2.24, 2.45) is 0 Å². The van der Waals surface area contributed by atoms with Crippen molar-refractivity contribution < 1.29 is 14.7 Å². The van der Waals surface area contributed by atoms with Gasteiger partial charge >= 0.3 is 5.97 Å². The lowest BCUT2D eigenvalue weighted by Crippen LogP contribution is -2.37. The van der Waals surface area contributed by atoms with E-state index in [9.17, 15) is 9.59 Å². The number of carboxylic acid groups (broad SMARTS) is 1. The molecule has 4 N–H and O–H groups in total. The number of amides is 1. The van der Waals surface area contributed by atoms with Crippen LogP contribution in [0.1, 0.15) is 10.4 Å². The van der Waals surface area contributed by atoms with Gasteiger partial charge in [0.2, 0.25) is 5.91 Å². The Morgan fingerprint density at radius 3 is 2.60 bits per heavy atom. The fourth-order valence-electron chi connectivity index (χ4n) is 1.34. The van der Waals surface area contributed by atoms with Gasteiger partial charge < -0.3 is 21.1 Å². The third kappa shape index (κ3) is 5.89. The number of carboxylic acids is 1. The van der Waals surface area contributed by atoms with Crippen molar-refractivity contribution in [2.45, 2.75) is 0 Å². The van der Waals surface area contributed by atoms with E-state index in [1.807, 2.05) is 0 Å². The number of benzene rings is 1. The van der Waals surface area contributed by atoms with E-state index in [1.165, 1.54) is 12.1 Å². The van der Waals surface area contributed by atoms with Gasteiger partial charge in [-0.05, 0) is 30.4 Å². The summed E-state index contributed by atoms with van der Waals surface area (Å²) in [7, 11) is 0. The molecule has 0 aliphatic carbocycles. The van der Waals surface area contributed by atoms with Crippen molar-refractivity contribution in [1.82, 2.24) is 10.6 Å². The van der Waals surface area contributed by atoms with Gasteiger partial charge in [-0.25, -0.2) is 4.79 Å².